The van der Waals surface area contributed by atoms with Crippen LogP contribution in [-0.2, 0) is 11.2 Å². The number of esters is 1. The number of benzene rings is 2. The third-order valence-electron chi connectivity index (χ3n) is 8.32. The smallest absolute Gasteiger partial charge is 0.311 e. The number of unbranched alkanes of at least 4 members (excludes halogenated alkanes) is 1. The third kappa shape index (κ3) is 7.25. The minimum atomic E-state index is -0.536. The van der Waals surface area contributed by atoms with Crippen LogP contribution in [0.1, 0.15) is 78.1 Å². The Hall–Kier alpha value is -2.30. The maximum atomic E-state index is 12.7. The molecule has 2 fully saturated rings. The molecule has 3 unspecified atom stereocenters. The van der Waals surface area contributed by atoms with E-state index in [4.69, 9.17) is 14.2 Å². The fourth-order valence-corrected chi connectivity index (χ4v) is 9.44. The summed E-state index contributed by atoms with van der Waals surface area (Å²) in [5.41, 5.74) is 4.01. The molecule has 3 aliphatic heterocycles. The molecule has 3 aliphatic rings. The van der Waals surface area contributed by atoms with Crippen LogP contribution in [-0.4, -0.2) is 52.0 Å². The largest absolute Gasteiger partial charge is 0.489 e. The molecular weight excluding hydrogens is 591 g/mol. The number of carbonyl (C=O) groups excluding carboxylic acids is 3. The number of fused-ring (bicyclic) bond motifs is 1. The summed E-state index contributed by atoms with van der Waals surface area (Å²) in [4.78, 5) is 36.8. The van der Waals surface area contributed by atoms with Crippen molar-refractivity contribution in [3.8, 4) is 17.2 Å². The van der Waals surface area contributed by atoms with Crippen LogP contribution < -0.4 is 19.5 Å². The van der Waals surface area contributed by atoms with Crippen LogP contribution in [0.5, 0.6) is 17.2 Å². The Morgan fingerprint density at radius 3 is 2.57 bits per heavy atom. The molecule has 1 amide bonds. The normalized spacial score (nSPS) is 23.2. The van der Waals surface area contributed by atoms with Gasteiger partial charge in [-0.25, -0.2) is 0 Å². The van der Waals surface area contributed by atoms with E-state index in [0.29, 0.717) is 36.6 Å². The van der Waals surface area contributed by atoms with Gasteiger partial charge in [0.15, 0.2) is 5.78 Å². The van der Waals surface area contributed by atoms with Crippen molar-refractivity contribution in [2.45, 2.75) is 88.7 Å². The van der Waals surface area contributed by atoms with Gasteiger partial charge in [-0.3, -0.25) is 14.4 Å². The second-order valence-corrected chi connectivity index (χ2v) is 15.5. The molecule has 0 aromatic heterocycles. The molecule has 2 aromatic carbocycles. The number of nitrogens with one attached hydrogen (secondary N) is 1. The molecule has 1 N–H and O–H groups in total. The van der Waals surface area contributed by atoms with Crippen LogP contribution >= 0.6 is 33.3 Å². The van der Waals surface area contributed by atoms with E-state index < -0.39 is 5.60 Å². The van der Waals surface area contributed by atoms with Crippen molar-refractivity contribution in [1.29, 1.82) is 0 Å². The first-order chi connectivity index (χ1) is 20.1. The molecule has 0 aliphatic carbocycles. The van der Waals surface area contributed by atoms with Crippen LogP contribution in [0.4, 0.5) is 4.79 Å². The second-order valence-electron chi connectivity index (χ2n) is 11.6. The Labute approximate surface area is 260 Å². The van der Waals surface area contributed by atoms with Crippen molar-refractivity contribution in [3.63, 3.8) is 0 Å². The molecule has 3 heterocycles. The predicted molar refractivity (Wildman–Crippen MR) is 172 cm³/mol. The lowest BCUT2D eigenvalue weighted by Crippen LogP contribution is -2.42. The van der Waals surface area contributed by atoms with E-state index in [9.17, 15) is 14.4 Å². The average molecular weight is 630 g/mol. The van der Waals surface area contributed by atoms with Crippen molar-refractivity contribution in [2.24, 2.45) is 0 Å². The molecule has 5 rings (SSSR count). The van der Waals surface area contributed by atoms with E-state index in [1.807, 2.05) is 42.4 Å². The van der Waals surface area contributed by atoms with Crippen LogP contribution in [0.2, 0.25) is 0 Å². The Morgan fingerprint density at radius 1 is 1.10 bits per heavy atom. The topological polar surface area (TPSA) is 90.9 Å². The maximum absolute atomic E-state index is 12.7. The summed E-state index contributed by atoms with van der Waals surface area (Å²) >= 11 is 1.04. The predicted octanol–water partition coefficient (Wildman–Crippen LogP) is 7.40. The summed E-state index contributed by atoms with van der Waals surface area (Å²) < 4.78 is 18.7. The first-order valence-corrected chi connectivity index (χ1v) is 17.9. The average Bonchev–Trinajstić information content (AvgIpc) is 3.67. The zero-order valence-electron chi connectivity index (χ0n) is 24.7. The highest BCUT2D eigenvalue weighted by atomic mass is 33.1. The number of hydrogen-bond acceptors (Lipinski definition) is 9. The molecule has 2 saturated heterocycles. The maximum Gasteiger partial charge on any atom is 0.311 e. The molecule has 0 bridgehead atoms. The first-order valence-electron chi connectivity index (χ1n) is 14.7. The van der Waals surface area contributed by atoms with Gasteiger partial charge >= 0.3 is 5.97 Å². The lowest BCUT2D eigenvalue weighted by atomic mass is 9.87. The summed E-state index contributed by atoms with van der Waals surface area (Å²) in [6.45, 7) is 8.80. The molecule has 2 aromatic rings. The quantitative estimate of drug-likeness (QED) is 0.0897. The molecule has 226 valence electrons. The van der Waals surface area contributed by atoms with Gasteiger partial charge in [-0.15, -0.1) is 0 Å². The van der Waals surface area contributed by atoms with Crippen molar-refractivity contribution in [2.75, 3.05) is 18.9 Å². The molecule has 7 nitrogen and oxygen atoms in total. The number of Topliss-reactive ketones (excluding diaryl/α,β-unsaturated/α-hetero) is 1. The highest BCUT2D eigenvalue weighted by Crippen LogP contribution is 2.44. The zero-order valence-corrected chi connectivity index (χ0v) is 27.2. The van der Waals surface area contributed by atoms with E-state index in [0.717, 1.165) is 70.7 Å². The zero-order chi connectivity index (χ0) is 29.9. The molecule has 42 heavy (non-hydrogen) atoms. The summed E-state index contributed by atoms with van der Waals surface area (Å²) in [5.74, 6) is 3.20. The van der Waals surface area contributed by atoms with Gasteiger partial charge in [-0.1, -0.05) is 39.8 Å². The Bertz CT molecular complexity index is 1340. The monoisotopic (exact) mass is 629 g/mol. The first kappa shape index (κ1) is 31.1. The lowest BCUT2D eigenvalue weighted by molar-refractivity contribution is -0.134. The van der Waals surface area contributed by atoms with Crippen LogP contribution in [0, 0.1) is 20.8 Å². The van der Waals surface area contributed by atoms with E-state index in [-0.39, 0.29) is 22.2 Å². The van der Waals surface area contributed by atoms with E-state index >= 15 is 0 Å². The van der Waals surface area contributed by atoms with Crippen molar-refractivity contribution < 1.29 is 28.6 Å². The molecule has 0 saturated carbocycles. The molecular formula is C32H39NO6S3. The summed E-state index contributed by atoms with van der Waals surface area (Å²) in [6, 6.07) is 7.06. The number of rotatable bonds is 11. The second kappa shape index (κ2) is 13.6. The van der Waals surface area contributed by atoms with Gasteiger partial charge in [-0.2, -0.15) is 0 Å². The Balaban J connectivity index is 1.17. The standard InChI is InChI=1S/C32H39NO6S3/c1-19-20(2)30-25(21(3)29(19)38-27(34)8-6-5-7-24-14-16-40-42-24)13-15-32(4,39-30)18-37-23-11-9-22(10-12-23)28(35)26-17-33-31(36)41-26/h9-12,24,26H,5-8,13-18H2,1-4H3,(H,33,36). The van der Waals surface area contributed by atoms with E-state index in [1.54, 1.807) is 24.3 Å². The Morgan fingerprint density at radius 2 is 1.88 bits per heavy atom. The molecule has 0 radical (unpaired) electrons. The minimum absolute atomic E-state index is 0.0619. The highest BCUT2D eigenvalue weighted by Gasteiger charge is 2.36. The number of ketones is 1. The van der Waals surface area contributed by atoms with E-state index in [2.05, 4.69) is 12.2 Å². The lowest BCUT2D eigenvalue weighted by Gasteiger charge is -2.37. The Kier molecular flexibility index (Phi) is 10.0. The van der Waals surface area contributed by atoms with Gasteiger partial charge in [-0.05, 0) is 101 Å². The van der Waals surface area contributed by atoms with Gasteiger partial charge in [0.1, 0.15) is 29.5 Å². The summed E-state index contributed by atoms with van der Waals surface area (Å²) in [6.07, 6.45) is 6.36. The molecule has 10 heteroatoms. The number of hydrogen-bond donors (Lipinski definition) is 1. The SMILES string of the molecule is Cc1c(C)c2c(c(C)c1OC(=O)CCCCC1CCSS1)CCC(C)(COc1ccc(C(=O)C3CNC(=O)S3)cc1)O2. The number of ether oxygens (including phenoxy) is 3. The van der Waals surface area contributed by atoms with Gasteiger partial charge < -0.3 is 19.5 Å². The van der Waals surface area contributed by atoms with Crippen molar-refractivity contribution in [3.05, 3.63) is 52.1 Å². The molecule has 3 atom stereocenters. The number of amides is 1. The van der Waals surface area contributed by atoms with Crippen LogP contribution in [0.15, 0.2) is 24.3 Å². The van der Waals surface area contributed by atoms with Gasteiger partial charge in [0.2, 0.25) is 0 Å². The summed E-state index contributed by atoms with van der Waals surface area (Å²) in [7, 11) is 3.95. The molecule has 0 spiro atoms. The van der Waals surface area contributed by atoms with Gasteiger partial charge in [0, 0.05) is 35.1 Å². The van der Waals surface area contributed by atoms with Gasteiger partial charge in [0.25, 0.3) is 5.24 Å². The third-order valence-corrected chi connectivity index (χ3v) is 12.4. The number of thioether (sulfide) groups is 1. The van der Waals surface area contributed by atoms with Crippen LogP contribution in [0.3, 0.4) is 0 Å². The number of carbonyl (C=O) groups is 3. The minimum Gasteiger partial charge on any atom is -0.489 e. The van der Waals surface area contributed by atoms with Gasteiger partial charge in [0.05, 0.1) is 5.25 Å². The van der Waals surface area contributed by atoms with E-state index in [1.165, 1.54) is 18.6 Å². The fourth-order valence-electron chi connectivity index (χ4n) is 5.58. The van der Waals surface area contributed by atoms with Crippen LogP contribution in [0.25, 0.3) is 0 Å². The fraction of sp³-hybridized carbons (Fsp3) is 0.531. The highest BCUT2D eigenvalue weighted by molar-refractivity contribution is 8.77. The van der Waals surface area contributed by atoms with Crippen molar-refractivity contribution in [1.82, 2.24) is 5.32 Å². The summed E-state index contributed by atoms with van der Waals surface area (Å²) in [5, 5.41) is 2.87. The van der Waals surface area contributed by atoms with Crippen molar-refractivity contribution >= 4 is 50.3 Å².